The van der Waals surface area contributed by atoms with Crippen LogP contribution in [0.3, 0.4) is 0 Å². The number of aliphatic hydroxyl groups excluding tert-OH is 1. The van der Waals surface area contributed by atoms with E-state index in [9.17, 15) is 13.5 Å². The van der Waals surface area contributed by atoms with Gasteiger partial charge < -0.3 is 9.84 Å². The van der Waals surface area contributed by atoms with Gasteiger partial charge in [-0.15, -0.1) is 0 Å². The molecule has 0 spiro atoms. The van der Waals surface area contributed by atoms with E-state index >= 15 is 0 Å². The van der Waals surface area contributed by atoms with Gasteiger partial charge in [-0.05, 0) is 37.3 Å². The summed E-state index contributed by atoms with van der Waals surface area (Å²) in [5.41, 5.74) is 0. The highest BCUT2D eigenvalue weighted by molar-refractivity contribution is 7.91. The molecule has 1 aliphatic rings. The fourth-order valence-electron chi connectivity index (χ4n) is 2.97. The summed E-state index contributed by atoms with van der Waals surface area (Å²) in [7, 11) is -3.00. The first-order valence-electron chi connectivity index (χ1n) is 7.51. The molecule has 5 heteroatoms. The van der Waals surface area contributed by atoms with Crippen molar-refractivity contribution < 1.29 is 18.3 Å². The van der Waals surface area contributed by atoms with Gasteiger partial charge in [-0.2, -0.15) is 0 Å². The molecule has 0 saturated heterocycles. The normalized spacial score (nSPS) is 24.5. The lowest BCUT2D eigenvalue weighted by Gasteiger charge is -2.31. The molecule has 3 atom stereocenters. The molecule has 0 heterocycles. The van der Waals surface area contributed by atoms with Gasteiger partial charge in [0.25, 0.3) is 0 Å². The molecule has 0 bridgehead atoms. The van der Waals surface area contributed by atoms with Crippen molar-refractivity contribution in [3.63, 3.8) is 0 Å². The van der Waals surface area contributed by atoms with Crippen LogP contribution >= 0.6 is 0 Å². The molecule has 2 rings (SSSR count). The van der Waals surface area contributed by atoms with E-state index < -0.39 is 15.9 Å². The molecule has 0 aromatic heterocycles. The van der Waals surface area contributed by atoms with Crippen LogP contribution in [0.25, 0.3) is 0 Å². The lowest BCUT2D eigenvalue weighted by molar-refractivity contribution is 0.0648. The topological polar surface area (TPSA) is 63.6 Å². The van der Waals surface area contributed by atoms with E-state index in [1.807, 2.05) is 30.3 Å². The van der Waals surface area contributed by atoms with Crippen LogP contribution in [0.2, 0.25) is 0 Å². The minimum atomic E-state index is -3.00. The minimum absolute atomic E-state index is 0.0675. The van der Waals surface area contributed by atoms with Crippen LogP contribution in [0.15, 0.2) is 30.3 Å². The average molecular weight is 312 g/mol. The van der Waals surface area contributed by atoms with E-state index in [-0.39, 0.29) is 11.2 Å². The van der Waals surface area contributed by atoms with E-state index in [1.165, 1.54) is 6.26 Å². The zero-order chi connectivity index (χ0) is 15.3. The monoisotopic (exact) mass is 312 g/mol. The maximum absolute atomic E-state index is 11.6. The van der Waals surface area contributed by atoms with Crippen molar-refractivity contribution >= 4 is 9.84 Å². The fourth-order valence-corrected chi connectivity index (χ4v) is 4.16. The first-order valence-corrected chi connectivity index (χ1v) is 9.47. The zero-order valence-electron chi connectivity index (χ0n) is 12.4. The number of hydrogen-bond donors (Lipinski definition) is 1. The third-order valence-electron chi connectivity index (χ3n) is 4.24. The average Bonchev–Trinajstić information content (AvgIpc) is 2.47. The zero-order valence-corrected chi connectivity index (χ0v) is 13.3. The number of hydrogen-bond acceptors (Lipinski definition) is 4. The molecule has 1 saturated carbocycles. The summed E-state index contributed by atoms with van der Waals surface area (Å²) in [6.45, 7) is 0.450. The van der Waals surface area contributed by atoms with Crippen LogP contribution < -0.4 is 4.74 Å². The Morgan fingerprint density at radius 1 is 1.29 bits per heavy atom. The smallest absolute Gasteiger partial charge is 0.150 e. The number of ether oxygens (including phenoxy) is 1. The number of aliphatic hydroxyl groups is 1. The van der Waals surface area contributed by atoms with Gasteiger partial charge in [-0.3, -0.25) is 0 Å². The quantitative estimate of drug-likeness (QED) is 0.876. The Bertz CT molecular complexity index is 526. The Kier molecular flexibility index (Phi) is 5.65. The third-order valence-corrected chi connectivity index (χ3v) is 5.88. The molecule has 118 valence electrons. The number of rotatable bonds is 6. The summed E-state index contributed by atoms with van der Waals surface area (Å²) in [5, 5.41) is 9.97. The highest BCUT2D eigenvalue weighted by Gasteiger charge is 2.32. The molecule has 0 aliphatic heterocycles. The predicted octanol–water partition coefficient (Wildman–Crippen LogP) is 2.42. The standard InChI is InChI=1S/C16H24O4S/c1-21(18,19)15-9-5-6-13(12-15)16(17)10-11-20-14-7-3-2-4-8-14/h2-4,7-8,13,15-17H,5-6,9-12H2,1H3. The van der Waals surface area contributed by atoms with Crippen LogP contribution in [0, 0.1) is 5.92 Å². The highest BCUT2D eigenvalue weighted by atomic mass is 32.2. The second kappa shape index (κ2) is 7.27. The third kappa shape index (κ3) is 5.00. The van der Waals surface area contributed by atoms with Crippen molar-refractivity contribution in [3.05, 3.63) is 30.3 Å². The van der Waals surface area contributed by atoms with E-state index in [1.54, 1.807) is 0 Å². The molecule has 21 heavy (non-hydrogen) atoms. The molecule has 0 radical (unpaired) electrons. The van der Waals surface area contributed by atoms with Crippen LogP contribution in [0.5, 0.6) is 5.75 Å². The summed E-state index contributed by atoms with van der Waals surface area (Å²) in [4.78, 5) is 0. The Morgan fingerprint density at radius 2 is 2.00 bits per heavy atom. The second-order valence-corrected chi connectivity index (χ2v) is 8.22. The fraction of sp³-hybridized carbons (Fsp3) is 0.625. The summed E-state index contributed by atoms with van der Waals surface area (Å²) in [6, 6.07) is 9.50. The number of para-hydroxylation sites is 1. The highest BCUT2D eigenvalue weighted by Crippen LogP contribution is 2.31. The molecular formula is C16H24O4S. The number of sulfone groups is 1. The van der Waals surface area contributed by atoms with E-state index in [0.717, 1.165) is 25.0 Å². The molecule has 1 N–H and O–H groups in total. The second-order valence-electron chi connectivity index (χ2n) is 5.90. The summed E-state index contributed by atoms with van der Waals surface area (Å²) >= 11 is 0. The Labute approximate surface area is 127 Å². The van der Waals surface area contributed by atoms with Crippen LogP contribution in [-0.2, 0) is 9.84 Å². The predicted molar refractivity (Wildman–Crippen MR) is 83.2 cm³/mol. The van der Waals surface area contributed by atoms with Gasteiger partial charge in [0.2, 0.25) is 0 Å². The first kappa shape index (κ1) is 16.3. The Balaban J connectivity index is 1.79. The van der Waals surface area contributed by atoms with Gasteiger partial charge in [0, 0.05) is 12.7 Å². The van der Waals surface area contributed by atoms with E-state index in [0.29, 0.717) is 19.4 Å². The largest absolute Gasteiger partial charge is 0.493 e. The minimum Gasteiger partial charge on any atom is -0.493 e. The van der Waals surface area contributed by atoms with Crippen molar-refractivity contribution in [2.75, 3.05) is 12.9 Å². The van der Waals surface area contributed by atoms with Crippen molar-refractivity contribution in [1.29, 1.82) is 0 Å². The van der Waals surface area contributed by atoms with Gasteiger partial charge in [0.15, 0.2) is 0 Å². The Morgan fingerprint density at radius 3 is 2.67 bits per heavy atom. The number of benzene rings is 1. The van der Waals surface area contributed by atoms with Gasteiger partial charge in [-0.1, -0.05) is 24.6 Å². The van der Waals surface area contributed by atoms with Crippen LogP contribution in [-0.4, -0.2) is 37.7 Å². The van der Waals surface area contributed by atoms with Crippen LogP contribution in [0.4, 0.5) is 0 Å². The molecule has 1 aromatic carbocycles. The lowest BCUT2D eigenvalue weighted by Crippen LogP contribution is -2.33. The first-order chi connectivity index (χ1) is 9.97. The molecule has 3 unspecified atom stereocenters. The van der Waals surface area contributed by atoms with Gasteiger partial charge in [0.05, 0.1) is 18.0 Å². The maximum atomic E-state index is 11.6. The van der Waals surface area contributed by atoms with Crippen molar-refractivity contribution in [1.82, 2.24) is 0 Å². The van der Waals surface area contributed by atoms with Crippen LogP contribution in [0.1, 0.15) is 32.1 Å². The molecule has 4 nitrogen and oxygen atoms in total. The summed E-state index contributed by atoms with van der Waals surface area (Å²) in [5.74, 6) is 0.861. The van der Waals surface area contributed by atoms with Crippen molar-refractivity contribution in [2.45, 2.75) is 43.5 Å². The van der Waals surface area contributed by atoms with E-state index in [4.69, 9.17) is 4.74 Å². The maximum Gasteiger partial charge on any atom is 0.150 e. The van der Waals surface area contributed by atoms with Gasteiger partial charge in [-0.25, -0.2) is 8.42 Å². The summed E-state index contributed by atoms with van der Waals surface area (Å²) < 4.78 is 28.9. The van der Waals surface area contributed by atoms with E-state index in [2.05, 4.69) is 0 Å². The molecule has 1 aliphatic carbocycles. The molecular weight excluding hydrogens is 288 g/mol. The van der Waals surface area contributed by atoms with Gasteiger partial charge >= 0.3 is 0 Å². The van der Waals surface area contributed by atoms with Crippen molar-refractivity contribution in [3.8, 4) is 5.75 Å². The molecule has 0 amide bonds. The lowest BCUT2D eigenvalue weighted by atomic mass is 9.84. The van der Waals surface area contributed by atoms with Gasteiger partial charge in [0.1, 0.15) is 15.6 Å². The molecule has 1 aromatic rings. The molecule has 1 fully saturated rings. The summed E-state index contributed by atoms with van der Waals surface area (Å²) in [6.07, 6.45) is 4.42. The Hall–Kier alpha value is -1.07. The SMILES string of the molecule is CS(=O)(=O)C1CCCC(C(O)CCOc2ccccc2)C1. The van der Waals surface area contributed by atoms with Crippen molar-refractivity contribution in [2.24, 2.45) is 5.92 Å².